The minimum absolute atomic E-state index is 0.0197. The van der Waals surface area contributed by atoms with Crippen molar-refractivity contribution in [3.05, 3.63) is 0 Å². The Kier molecular flexibility index (Phi) is 1.60. The van der Waals surface area contributed by atoms with Crippen LogP contribution in [0.1, 0.15) is 25.7 Å². The zero-order valence-corrected chi connectivity index (χ0v) is 6.32. The van der Waals surface area contributed by atoms with Crippen molar-refractivity contribution < 1.29 is 14.6 Å². The highest BCUT2D eigenvalue weighted by Crippen LogP contribution is 2.36. The van der Waals surface area contributed by atoms with Gasteiger partial charge < -0.3 is 9.84 Å². The lowest BCUT2D eigenvalue weighted by Gasteiger charge is -2.25. The molecule has 0 aliphatic carbocycles. The molecule has 2 rings (SSSR count). The van der Waals surface area contributed by atoms with E-state index in [0.29, 0.717) is 6.10 Å². The maximum absolute atomic E-state index is 10.7. The number of ether oxygens (including phenoxy) is 1. The maximum Gasteiger partial charge on any atom is 0.309 e. The fourth-order valence-corrected chi connectivity index (χ4v) is 2.08. The van der Waals surface area contributed by atoms with Crippen LogP contribution < -0.4 is 0 Å². The molecule has 2 saturated heterocycles. The Bertz CT molecular complexity index is 178. The first-order valence-corrected chi connectivity index (χ1v) is 4.15. The van der Waals surface area contributed by atoms with Crippen LogP contribution in [0.25, 0.3) is 0 Å². The average molecular weight is 156 g/mol. The smallest absolute Gasteiger partial charge is 0.309 e. The summed E-state index contributed by atoms with van der Waals surface area (Å²) in [4.78, 5) is 10.7. The number of hydrogen-bond donors (Lipinski definition) is 1. The van der Waals surface area contributed by atoms with E-state index in [1.807, 2.05) is 0 Å². The predicted octanol–water partition coefficient (Wildman–Crippen LogP) is 1.03. The molecule has 0 amide bonds. The zero-order chi connectivity index (χ0) is 7.84. The number of aliphatic carboxylic acids is 1. The van der Waals surface area contributed by atoms with E-state index in [0.717, 1.165) is 25.7 Å². The Labute approximate surface area is 65.4 Å². The fraction of sp³-hybridized carbons (Fsp3) is 0.875. The van der Waals surface area contributed by atoms with Crippen molar-refractivity contribution in [2.75, 3.05) is 0 Å². The lowest BCUT2D eigenvalue weighted by Crippen LogP contribution is -2.32. The fourth-order valence-electron chi connectivity index (χ4n) is 2.08. The standard InChI is InChI=1S/C8H12O3/c9-8(10)6-3-1-5-2-4-7(6)11-5/h5-7H,1-4H2,(H,9,10)/t5-,6-,7-/m0/s1. The molecule has 3 nitrogen and oxygen atoms in total. The van der Waals surface area contributed by atoms with Gasteiger partial charge in [-0.1, -0.05) is 0 Å². The van der Waals surface area contributed by atoms with Crippen LogP contribution in [0.4, 0.5) is 0 Å². The molecule has 11 heavy (non-hydrogen) atoms. The van der Waals surface area contributed by atoms with E-state index in [-0.39, 0.29) is 12.0 Å². The molecule has 62 valence electrons. The summed E-state index contributed by atoms with van der Waals surface area (Å²) in [5, 5.41) is 8.78. The minimum Gasteiger partial charge on any atom is -0.481 e. The Morgan fingerprint density at radius 1 is 1.27 bits per heavy atom. The summed E-state index contributed by atoms with van der Waals surface area (Å²) in [6.07, 6.45) is 4.15. The molecular formula is C8H12O3. The molecule has 2 bridgehead atoms. The van der Waals surface area contributed by atoms with Gasteiger partial charge in [0.15, 0.2) is 0 Å². The van der Waals surface area contributed by atoms with Gasteiger partial charge in [0.1, 0.15) is 0 Å². The number of hydrogen-bond acceptors (Lipinski definition) is 2. The molecule has 0 saturated carbocycles. The highest BCUT2D eigenvalue weighted by molar-refractivity contribution is 5.70. The third kappa shape index (κ3) is 1.13. The average Bonchev–Trinajstić information content (AvgIpc) is 2.32. The summed E-state index contributed by atoms with van der Waals surface area (Å²) in [5.41, 5.74) is 0. The summed E-state index contributed by atoms with van der Waals surface area (Å²) in [6, 6.07) is 0. The van der Waals surface area contributed by atoms with Gasteiger partial charge in [0.05, 0.1) is 18.1 Å². The lowest BCUT2D eigenvalue weighted by atomic mass is 9.96. The molecule has 2 heterocycles. The van der Waals surface area contributed by atoms with E-state index in [1.54, 1.807) is 0 Å². The molecule has 0 spiro atoms. The van der Waals surface area contributed by atoms with Gasteiger partial charge >= 0.3 is 5.97 Å². The molecule has 2 fully saturated rings. The second-order valence-corrected chi connectivity index (χ2v) is 3.40. The van der Waals surface area contributed by atoms with Gasteiger partial charge in [0.2, 0.25) is 0 Å². The molecule has 0 radical (unpaired) electrons. The Morgan fingerprint density at radius 2 is 2.00 bits per heavy atom. The molecular weight excluding hydrogens is 144 g/mol. The van der Waals surface area contributed by atoms with Crippen LogP contribution in [-0.2, 0) is 9.53 Å². The van der Waals surface area contributed by atoms with Gasteiger partial charge in [-0.3, -0.25) is 4.79 Å². The first-order chi connectivity index (χ1) is 5.27. The molecule has 2 aliphatic rings. The van der Waals surface area contributed by atoms with Crippen LogP contribution in [0.2, 0.25) is 0 Å². The summed E-state index contributed by atoms with van der Waals surface area (Å²) in [6.45, 7) is 0. The molecule has 0 aromatic rings. The zero-order valence-electron chi connectivity index (χ0n) is 6.32. The Morgan fingerprint density at radius 3 is 2.73 bits per heavy atom. The number of carboxylic acid groups (broad SMARTS) is 1. The summed E-state index contributed by atoms with van der Waals surface area (Å²) >= 11 is 0. The molecule has 1 N–H and O–H groups in total. The summed E-state index contributed by atoms with van der Waals surface area (Å²) in [7, 11) is 0. The monoisotopic (exact) mass is 156 g/mol. The lowest BCUT2D eigenvalue weighted by molar-refractivity contribution is -0.151. The van der Waals surface area contributed by atoms with Gasteiger partial charge in [-0.25, -0.2) is 0 Å². The van der Waals surface area contributed by atoms with Gasteiger partial charge in [-0.05, 0) is 25.7 Å². The largest absolute Gasteiger partial charge is 0.481 e. The SMILES string of the molecule is O=C(O)[C@H]1CC[C@H]2CC[C@@H]1O2. The molecule has 0 aromatic carbocycles. The number of rotatable bonds is 1. The normalized spacial score (nSPS) is 42.4. The van der Waals surface area contributed by atoms with Gasteiger partial charge in [0.25, 0.3) is 0 Å². The topological polar surface area (TPSA) is 46.5 Å². The quantitative estimate of drug-likeness (QED) is 0.616. The van der Waals surface area contributed by atoms with E-state index < -0.39 is 5.97 Å². The van der Waals surface area contributed by atoms with Crippen LogP contribution in [0.5, 0.6) is 0 Å². The van der Waals surface area contributed by atoms with Crippen molar-refractivity contribution in [2.45, 2.75) is 37.9 Å². The van der Waals surface area contributed by atoms with Crippen molar-refractivity contribution in [1.29, 1.82) is 0 Å². The van der Waals surface area contributed by atoms with Crippen molar-refractivity contribution >= 4 is 5.97 Å². The van der Waals surface area contributed by atoms with E-state index in [2.05, 4.69) is 0 Å². The first kappa shape index (κ1) is 7.10. The third-order valence-corrected chi connectivity index (χ3v) is 2.71. The Hall–Kier alpha value is -0.570. The van der Waals surface area contributed by atoms with Gasteiger partial charge in [-0.15, -0.1) is 0 Å². The first-order valence-electron chi connectivity index (χ1n) is 4.15. The Balaban J connectivity index is 2.07. The molecule has 2 aliphatic heterocycles. The van der Waals surface area contributed by atoms with E-state index in [4.69, 9.17) is 9.84 Å². The van der Waals surface area contributed by atoms with E-state index >= 15 is 0 Å². The van der Waals surface area contributed by atoms with E-state index in [1.165, 1.54) is 0 Å². The summed E-state index contributed by atoms with van der Waals surface area (Å²) in [5.74, 6) is -0.913. The minimum atomic E-state index is -0.685. The van der Waals surface area contributed by atoms with Crippen LogP contribution in [0.3, 0.4) is 0 Å². The van der Waals surface area contributed by atoms with Crippen LogP contribution >= 0.6 is 0 Å². The molecule has 0 aromatic heterocycles. The van der Waals surface area contributed by atoms with E-state index in [9.17, 15) is 4.79 Å². The van der Waals surface area contributed by atoms with Gasteiger partial charge in [0, 0.05) is 0 Å². The highest BCUT2D eigenvalue weighted by Gasteiger charge is 2.40. The van der Waals surface area contributed by atoms with Crippen molar-refractivity contribution in [3.8, 4) is 0 Å². The highest BCUT2D eigenvalue weighted by atomic mass is 16.5. The second kappa shape index (κ2) is 2.48. The van der Waals surface area contributed by atoms with Crippen LogP contribution in [0, 0.1) is 5.92 Å². The predicted molar refractivity (Wildman–Crippen MR) is 38.3 cm³/mol. The maximum atomic E-state index is 10.7. The third-order valence-electron chi connectivity index (χ3n) is 2.71. The van der Waals surface area contributed by atoms with Gasteiger partial charge in [-0.2, -0.15) is 0 Å². The summed E-state index contributed by atoms with van der Waals surface area (Å²) < 4.78 is 5.49. The van der Waals surface area contributed by atoms with Crippen molar-refractivity contribution in [2.24, 2.45) is 5.92 Å². The molecule has 0 unspecified atom stereocenters. The molecule has 3 atom stereocenters. The number of carboxylic acids is 1. The van der Waals surface area contributed by atoms with Crippen molar-refractivity contribution in [3.63, 3.8) is 0 Å². The number of carbonyl (C=O) groups is 1. The number of fused-ring (bicyclic) bond motifs is 2. The molecule has 3 heteroatoms. The van der Waals surface area contributed by atoms with Crippen LogP contribution in [-0.4, -0.2) is 23.3 Å². The van der Waals surface area contributed by atoms with Crippen molar-refractivity contribution in [1.82, 2.24) is 0 Å². The van der Waals surface area contributed by atoms with Crippen LogP contribution in [0.15, 0.2) is 0 Å². The second-order valence-electron chi connectivity index (χ2n) is 3.40.